The molecule has 0 aromatic heterocycles. The van der Waals surface area contributed by atoms with Crippen LogP contribution in [0.5, 0.6) is 5.75 Å². The van der Waals surface area contributed by atoms with E-state index in [1.54, 1.807) is 6.92 Å². The number of amides is 5. The van der Waals surface area contributed by atoms with Crippen molar-refractivity contribution in [3.63, 3.8) is 0 Å². The predicted molar refractivity (Wildman–Crippen MR) is 101 cm³/mol. The monoisotopic (exact) mass is 445 g/mol. The van der Waals surface area contributed by atoms with Gasteiger partial charge < -0.3 is 15.4 Å². The third-order valence-corrected chi connectivity index (χ3v) is 4.40. The fourth-order valence-corrected chi connectivity index (χ4v) is 2.67. The molecule has 0 unspecified atom stereocenters. The second kappa shape index (κ2) is 9.20. The Morgan fingerprint density at radius 2 is 1.74 bits per heavy atom. The molecule has 13 heteroatoms. The van der Waals surface area contributed by atoms with Crippen molar-refractivity contribution in [1.29, 1.82) is 0 Å². The Hall–Kier alpha value is -3.35. The summed E-state index contributed by atoms with van der Waals surface area (Å²) in [5, 5.41) is 5.55. The number of hydrogen-bond acceptors (Lipinski definition) is 6. The summed E-state index contributed by atoms with van der Waals surface area (Å²) in [5.74, 6) is -2.24. The van der Waals surface area contributed by atoms with Gasteiger partial charge in [-0.1, -0.05) is 6.92 Å². The number of carbonyl (C=O) groups excluding carboxylic acids is 4. The van der Waals surface area contributed by atoms with Gasteiger partial charge in [-0.25, -0.2) is 4.79 Å². The van der Waals surface area contributed by atoms with Gasteiger partial charge in [0.2, 0.25) is 5.91 Å². The van der Waals surface area contributed by atoms with E-state index in [0.717, 1.165) is 12.1 Å². The number of carbonyl (C=O) groups is 4. The molecule has 170 valence electrons. The first kappa shape index (κ1) is 23.9. The van der Waals surface area contributed by atoms with E-state index in [-0.39, 0.29) is 18.8 Å². The number of alkyl halides is 3. The molecule has 31 heavy (non-hydrogen) atoms. The maximum atomic E-state index is 12.3. The number of ether oxygens (including phenoxy) is 1. The number of halogens is 3. The summed E-state index contributed by atoms with van der Waals surface area (Å²) < 4.78 is 40.2. The molecule has 2 rings (SSSR count). The normalized spacial score (nSPS) is 18.7. The zero-order valence-corrected chi connectivity index (χ0v) is 17.0. The van der Waals surface area contributed by atoms with Crippen LogP contribution >= 0.6 is 0 Å². The second-order valence-corrected chi connectivity index (χ2v) is 7.08. The van der Waals surface area contributed by atoms with Gasteiger partial charge in [0.05, 0.1) is 13.1 Å². The van der Waals surface area contributed by atoms with E-state index in [9.17, 15) is 32.3 Å². The highest BCUT2D eigenvalue weighted by atomic mass is 19.4. The third kappa shape index (κ3) is 6.57. The van der Waals surface area contributed by atoms with Crippen LogP contribution in [-0.2, 0) is 14.4 Å². The molecule has 1 fully saturated rings. The number of likely N-dealkylation sites (N-methyl/N-ethyl adjacent to an activating group) is 1. The zero-order valence-electron chi connectivity index (χ0n) is 17.0. The fraction of sp³-hybridized carbons (Fsp3) is 0.444. The van der Waals surface area contributed by atoms with E-state index in [1.807, 2.05) is 0 Å². The first-order valence-electron chi connectivity index (χ1n) is 9.13. The van der Waals surface area contributed by atoms with Gasteiger partial charge >= 0.3 is 12.4 Å². The average molecular weight is 445 g/mol. The first-order valence-corrected chi connectivity index (χ1v) is 9.13. The van der Waals surface area contributed by atoms with Crippen LogP contribution in [-0.4, -0.2) is 65.7 Å². The van der Waals surface area contributed by atoms with Crippen molar-refractivity contribution in [3.8, 4) is 5.75 Å². The quantitative estimate of drug-likeness (QED) is 0.518. The molecule has 1 heterocycles. The largest absolute Gasteiger partial charge is 0.573 e. The van der Waals surface area contributed by atoms with Gasteiger partial charge in [-0.2, -0.15) is 5.01 Å². The number of hydrogen-bond donors (Lipinski definition) is 3. The van der Waals surface area contributed by atoms with Crippen LogP contribution in [0, 0.1) is 0 Å². The number of anilines is 1. The third-order valence-electron chi connectivity index (χ3n) is 4.40. The number of benzene rings is 1. The van der Waals surface area contributed by atoms with Crippen LogP contribution in [0.3, 0.4) is 0 Å². The summed E-state index contributed by atoms with van der Waals surface area (Å²) in [6.45, 7) is 2.72. The van der Waals surface area contributed by atoms with Crippen molar-refractivity contribution in [2.45, 2.75) is 32.2 Å². The molecule has 5 amide bonds. The molecule has 0 bridgehead atoms. The van der Waals surface area contributed by atoms with E-state index in [1.165, 1.54) is 31.0 Å². The van der Waals surface area contributed by atoms with E-state index in [0.29, 0.717) is 11.4 Å². The minimum atomic E-state index is -4.82. The maximum absolute atomic E-state index is 12.3. The molecular formula is C18H22F3N5O5. The number of urea groups is 1. The minimum Gasteiger partial charge on any atom is -0.406 e. The molecule has 0 spiro atoms. The number of nitrogens with zero attached hydrogens (tertiary/aromatic N) is 2. The van der Waals surface area contributed by atoms with Crippen molar-refractivity contribution >= 4 is 29.4 Å². The molecule has 0 aliphatic carbocycles. The number of rotatable bonds is 8. The van der Waals surface area contributed by atoms with E-state index in [4.69, 9.17) is 0 Å². The van der Waals surface area contributed by atoms with Crippen LogP contribution in [0.25, 0.3) is 0 Å². The topological polar surface area (TPSA) is 120 Å². The Morgan fingerprint density at radius 1 is 1.16 bits per heavy atom. The van der Waals surface area contributed by atoms with Gasteiger partial charge in [0.1, 0.15) is 11.3 Å². The molecule has 1 aromatic rings. The summed E-state index contributed by atoms with van der Waals surface area (Å²) in [7, 11) is 1.46. The van der Waals surface area contributed by atoms with Crippen molar-refractivity contribution in [3.05, 3.63) is 24.3 Å². The first-order chi connectivity index (χ1) is 14.3. The lowest BCUT2D eigenvalue weighted by atomic mass is 10.00. The molecule has 1 aliphatic heterocycles. The number of imide groups is 1. The molecule has 3 N–H and O–H groups in total. The van der Waals surface area contributed by atoms with Crippen LogP contribution < -0.4 is 20.8 Å². The summed E-state index contributed by atoms with van der Waals surface area (Å²) in [6.07, 6.45) is -4.48. The van der Waals surface area contributed by atoms with Gasteiger partial charge in [0, 0.05) is 5.69 Å². The van der Waals surface area contributed by atoms with Crippen LogP contribution in [0.15, 0.2) is 24.3 Å². The molecule has 1 atom stereocenters. The van der Waals surface area contributed by atoms with Gasteiger partial charge in [0.15, 0.2) is 0 Å². The van der Waals surface area contributed by atoms with Crippen molar-refractivity contribution < 1.29 is 37.1 Å². The average Bonchev–Trinajstić information content (AvgIpc) is 2.85. The van der Waals surface area contributed by atoms with Crippen molar-refractivity contribution in [2.24, 2.45) is 0 Å². The maximum Gasteiger partial charge on any atom is 0.573 e. The zero-order chi connectivity index (χ0) is 23.4. The van der Waals surface area contributed by atoms with Crippen molar-refractivity contribution in [2.75, 3.05) is 25.5 Å². The highest BCUT2D eigenvalue weighted by Crippen LogP contribution is 2.24. The highest BCUT2D eigenvalue weighted by Gasteiger charge is 2.47. The van der Waals surface area contributed by atoms with E-state index in [2.05, 4.69) is 20.8 Å². The van der Waals surface area contributed by atoms with Gasteiger partial charge in [-0.3, -0.25) is 24.7 Å². The molecule has 0 radical (unpaired) electrons. The second-order valence-electron chi connectivity index (χ2n) is 7.08. The van der Waals surface area contributed by atoms with Crippen molar-refractivity contribution in [1.82, 2.24) is 20.7 Å². The van der Waals surface area contributed by atoms with Crippen LogP contribution in [0.2, 0.25) is 0 Å². The Bertz CT molecular complexity index is 861. The number of nitrogens with one attached hydrogen (secondary N) is 3. The lowest BCUT2D eigenvalue weighted by molar-refractivity contribution is -0.274. The summed E-state index contributed by atoms with van der Waals surface area (Å²) in [6, 6.07) is 3.80. The molecule has 1 aromatic carbocycles. The lowest BCUT2D eigenvalue weighted by Gasteiger charge is -2.20. The Kier molecular flexibility index (Phi) is 7.10. The van der Waals surface area contributed by atoms with E-state index >= 15 is 0 Å². The highest BCUT2D eigenvalue weighted by molar-refractivity contribution is 6.07. The van der Waals surface area contributed by atoms with Crippen LogP contribution in [0.1, 0.15) is 20.3 Å². The van der Waals surface area contributed by atoms with Gasteiger partial charge in [-0.05, 0) is 44.7 Å². The Balaban J connectivity index is 1.82. The molecule has 0 saturated carbocycles. The summed E-state index contributed by atoms with van der Waals surface area (Å²) >= 11 is 0. The number of hydrazine groups is 1. The summed E-state index contributed by atoms with van der Waals surface area (Å²) in [4.78, 5) is 49.7. The molecule has 10 nitrogen and oxygen atoms in total. The Morgan fingerprint density at radius 3 is 2.26 bits per heavy atom. The smallest absolute Gasteiger partial charge is 0.406 e. The molecule has 1 aliphatic rings. The fourth-order valence-electron chi connectivity index (χ4n) is 2.67. The SMILES string of the molecule is CC[C@]1(C)NC(=O)N(NC(=O)CN(C)CC(=O)Nc2ccc(OC(F)(F)F)cc2)C1=O. The minimum absolute atomic E-state index is 0.232. The lowest BCUT2D eigenvalue weighted by Crippen LogP contribution is -2.51. The van der Waals surface area contributed by atoms with Crippen LogP contribution in [0.4, 0.5) is 23.7 Å². The standard InChI is InChI=1S/C18H22F3N5O5/c1-4-17(2)15(29)26(16(30)23-17)24-14(28)10-25(3)9-13(27)22-11-5-7-12(8-6-11)31-18(19,20)21/h5-8H,4,9-10H2,1-3H3,(H,22,27)(H,23,30)(H,24,28)/t17-/m0/s1. The summed E-state index contributed by atoms with van der Waals surface area (Å²) in [5.41, 5.74) is 1.33. The van der Waals surface area contributed by atoms with Gasteiger partial charge in [0.25, 0.3) is 11.8 Å². The molecular weight excluding hydrogens is 423 g/mol. The van der Waals surface area contributed by atoms with Gasteiger partial charge in [-0.15, -0.1) is 13.2 Å². The molecule has 1 saturated heterocycles. The van der Waals surface area contributed by atoms with E-state index < -0.39 is 41.4 Å². The predicted octanol–water partition coefficient (Wildman–Crippen LogP) is 1.21. The Labute approximate surface area is 175 Å².